The molecule has 1 rings (SSSR count). The first-order valence-electron chi connectivity index (χ1n) is 5.33. The minimum absolute atomic E-state index is 0.222. The molecule has 0 amide bonds. The predicted molar refractivity (Wildman–Crippen MR) is 73.6 cm³/mol. The van der Waals surface area contributed by atoms with Gasteiger partial charge in [0.05, 0.1) is 10.9 Å². The minimum atomic E-state index is -0.707. The number of thioether (sulfide) groups is 1. The second-order valence-electron chi connectivity index (χ2n) is 3.56. The number of hydrogen-bond acceptors (Lipinski definition) is 5. The molecule has 4 nitrogen and oxygen atoms in total. The van der Waals surface area contributed by atoms with Gasteiger partial charge in [0.15, 0.2) is 5.78 Å². The van der Waals surface area contributed by atoms with Crippen molar-refractivity contribution < 1.29 is 9.59 Å². The lowest BCUT2D eigenvalue weighted by Crippen LogP contribution is -2.29. The fourth-order valence-electron chi connectivity index (χ4n) is 1.24. The number of hydrogen-bond donors (Lipinski definition) is 1. The monoisotopic (exact) mass is 262 g/mol. The SMILES string of the molecule is CSC(=C=O)CC(N)C(=O)C=Cc1cccnc1. The summed E-state index contributed by atoms with van der Waals surface area (Å²) >= 11 is 1.26. The van der Waals surface area contributed by atoms with Crippen molar-refractivity contribution in [3.8, 4) is 0 Å². The Morgan fingerprint density at radius 1 is 1.67 bits per heavy atom. The zero-order valence-corrected chi connectivity index (χ0v) is 10.8. The standard InChI is InChI=1S/C13H14N2O2S/c1-18-11(9-16)7-12(14)13(17)5-4-10-3-2-6-15-8-10/h2-6,8,12H,7,14H2,1H3. The summed E-state index contributed by atoms with van der Waals surface area (Å²) in [5.74, 6) is 1.55. The van der Waals surface area contributed by atoms with Crippen LogP contribution in [0.1, 0.15) is 12.0 Å². The van der Waals surface area contributed by atoms with Crippen LogP contribution in [-0.4, -0.2) is 29.0 Å². The molecule has 0 saturated carbocycles. The molecule has 2 N–H and O–H groups in total. The molecule has 0 fully saturated rings. The second-order valence-corrected chi connectivity index (χ2v) is 4.46. The van der Waals surface area contributed by atoms with Gasteiger partial charge in [-0.3, -0.25) is 9.78 Å². The first kappa shape index (κ1) is 14.4. The highest BCUT2D eigenvalue weighted by Gasteiger charge is 2.12. The van der Waals surface area contributed by atoms with E-state index in [-0.39, 0.29) is 12.2 Å². The Balaban J connectivity index is 2.60. The number of aromatic nitrogens is 1. The maximum absolute atomic E-state index is 11.7. The first-order chi connectivity index (χ1) is 8.67. The summed E-state index contributed by atoms with van der Waals surface area (Å²) in [6.07, 6.45) is 8.34. The molecule has 5 heteroatoms. The molecule has 0 spiro atoms. The highest BCUT2D eigenvalue weighted by molar-refractivity contribution is 8.02. The first-order valence-corrected chi connectivity index (χ1v) is 6.55. The van der Waals surface area contributed by atoms with Gasteiger partial charge in [0.2, 0.25) is 0 Å². The molecular weight excluding hydrogens is 248 g/mol. The zero-order valence-electron chi connectivity index (χ0n) is 10.00. The van der Waals surface area contributed by atoms with E-state index in [0.29, 0.717) is 4.91 Å². The van der Waals surface area contributed by atoms with Crippen LogP contribution >= 0.6 is 11.8 Å². The highest BCUT2D eigenvalue weighted by atomic mass is 32.2. The van der Waals surface area contributed by atoms with Gasteiger partial charge in [-0.25, -0.2) is 4.79 Å². The van der Waals surface area contributed by atoms with E-state index in [9.17, 15) is 9.59 Å². The van der Waals surface area contributed by atoms with E-state index in [1.165, 1.54) is 17.8 Å². The molecule has 0 aliphatic carbocycles. The fraction of sp³-hybridized carbons (Fsp3) is 0.231. The van der Waals surface area contributed by atoms with Crippen molar-refractivity contribution in [3.05, 3.63) is 41.1 Å². The second kappa shape index (κ2) is 7.61. The molecule has 0 saturated heterocycles. The van der Waals surface area contributed by atoms with Gasteiger partial charge >= 0.3 is 0 Å². The van der Waals surface area contributed by atoms with Crippen LogP contribution in [0.15, 0.2) is 35.5 Å². The number of ketones is 1. The Hall–Kier alpha value is -1.68. The normalized spacial score (nSPS) is 12.1. The minimum Gasteiger partial charge on any atom is -0.321 e. The number of nitrogens with two attached hydrogens (primary N) is 1. The van der Waals surface area contributed by atoms with Gasteiger partial charge in [-0.15, -0.1) is 11.8 Å². The van der Waals surface area contributed by atoms with E-state index in [1.54, 1.807) is 36.7 Å². The molecule has 0 bridgehead atoms. The van der Waals surface area contributed by atoms with E-state index in [0.717, 1.165) is 5.56 Å². The van der Waals surface area contributed by atoms with Crippen molar-refractivity contribution >= 4 is 29.6 Å². The number of nitrogens with zero attached hydrogens (tertiary/aromatic N) is 1. The fourth-order valence-corrected chi connectivity index (χ4v) is 1.67. The third kappa shape index (κ3) is 4.67. The molecule has 94 valence electrons. The highest BCUT2D eigenvalue weighted by Crippen LogP contribution is 2.14. The van der Waals surface area contributed by atoms with Crippen LogP contribution < -0.4 is 5.73 Å². The molecule has 0 aliphatic heterocycles. The Bertz CT molecular complexity index is 479. The Kier molecular flexibility index (Phi) is 6.08. The summed E-state index contributed by atoms with van der Waals surface area (Å²) in [6.45, 7) is 0. The summed E-state index contributed by atoms with van der Waals surface area (Å²) in [5.41, 5.74) is 6.53. The van der Waals surface area contributed by atoms with Crippen LogP contribution in [0.3, 0.4) is 0 Å². The quantitative estimate of drug-likeness (QED) is 0.620. The molecule has 1 aromatic heterocycles. The smallest absolute Gasteiger partial charge is 0.172 e. The molecule has 0 radical (unpaired) electrons. The van der Waals surface area contributed by atoms with Crippen molar-refractivity contribution in [1.82, 2.24) is 4.98 Å². The number of pyridine rings is 1. The summed E-state index contributed by atoms with van der Waals surface area (Å²) in [6, 6.07) is 2.91. The van der Waals surface area contributed by atoms with Crippen LogP contribution in [0.4, 0.5) is 0 Å². The number of carbonyl (C=O) groups is 1. The van der Waals surface area contributed by atoms with Crippen LogP contribution in [0, 0.1) is 0 Å². The van der Waals surface area contributed by atoms with Gasteiger partial charge < -0.3 is 5.73 Å². The zero-order chi connectivity index (χ0) is 13.4. The van der Waals surface area contributed by atoms with E-state index >= 15 is 0 Å². The molecule has 0 aromatic carbocycles. The topological polar surface area (TPSA) is 73.1 Å². The number of carbonyl (C=O) groups excluding carboxylic acids is 2. The summed E-state index contributed by atoms with van der Waals surface area (Å²) in [4.78, 5) is 26.6. The Morgan fingerprint density at radius 3 is 3.00 bits per heavy atom. The maximum atomic E-state index is 11.7. The third-order valence-corrected chi connectivity index (χ3v) is 3.00. The van der Waals surface area contributed by atoms with Crippen molar-refractivity contribution in [2.45, 2.75) is 12.5 Å². The van der Waals surface area contributed by atoms with E-state index in [1.807, 2.05) is 6.07 Å². The predicted octanol–water partition coefficient (Wildman–Crippen LogP) is 1.46. The van der Waals surface area contributed by atoms with Crippen molar-refractivity contribution in [2.75, 3.05) is 6.26 Å². The lowest BCUT2D eigenvalue weighted by Gasteiger charge is -2.06. The van der Waals surface area contributed by atoms with E-state index < -0.39 is 6.04 Å². The van der Waals surface area contributed by atoms with Crippen LogP contribution in [0.5, 0.6) is 0 Å². The number of rotatable bonds is 6. The van der Waals surface area contributed by atoms with Crippen LogP contribution in [0.25, 0.3) is 6.08 Å². The molecular formula is C13H14N2O2S. The lowest BCUT2D eigenvalue weighted by atomic mass is 10.1. The average Bonchev–Trinajstić information content (AvgIpc) is 2.42. The maximum Gasteiger partial charge on any atom is 0.172 e. The molecule has 0 aliphatic rings. The Morgan fingerprint density at radius 2 is 2.44 bits per heavy atom. The van der Waals surface area contributed by atoms with Crippen molar-refractivity contribution in [2.24, 2.45) is 5.73 Å². The van der Waals surface area contributed by atoms with Gasteiger partial charge in [0.25, 0.3) is 0 Å². The van der Waals surface area contributed by atoms with E-state index in [2.05, 4.69) is 4.98 Å². The Labute approximate surface area is 110 Å². The summed E-state index contributed by atoms with van der Waals surface area (Å²) in [5, 5.41) is 0. The largest absolute Gasteiger partial charge is 0.321 e. The van der Waals surface area contributed by atoms with Gasteiger partial charge in [0.1, 0.15) is 5.94 Å². The van der Waals surface area contributed by atoms with Crippen LogP contribution in [0.2, 0.25) is 0 Å². The van der Waals surface area contributed by atoms with Crippen molar-refractivity contribution in [3.63, 3.8) is 0 Å². The van der Waals surface area contributed by atoms with Crippen molar-refractivity contribution in [1.29, 1.82) is 0 Å². The van der Waals surface area contributed by atoms with Gasteiger partial charge in [-0.1, -0.05) is 6.07 Å². The molecule has 1 unspecified atom stereocenters. The average molecular weight is 262 g/mol. The van der Waals surface area contributed by atoms with Gasteiger partial charge in [-0.05, 0) is 30.0 Å². The summed E-state index contributed by atoms with van der Waals surface area (Å²) in [7, 11) is 0. The third-order valence-electron chi connectivity index (χ3n) is 2.26. The molecule has 1 aromatic rings. The van der Waals surface area contributed by atoms with Crippen LogP contribution in [-0.2, 0) is 9.59 Å². The van der Waals surface area contributed by atoms with Gasteiger partial charge in [0, 0.05) is 18.8 Å². The van der Waals surface area contributed by atoms with Gasteiger partial charge in [-0.2, -0.15) is 0 Å². The summed E-state index contributed by atoms with van der Waals surface area (Å²) < 4.78 is 0. The lowest BCUT2D eigenvalue weighted by molar-refractivity contribution is -0.115. The van der Waals surface area contributed by atoms with E-state index in [4.69, 9.17) is 5.73 Å². The molecule has 1 heterocycles. The molecule has 18 heavy (non-hydrogen) atoms. The molecule has 1 atom stereocenters.